The summed E-state index contributed by atoms with van der Waals surface area (Å²) in [4.78, 5) is 12.4. The normalized spacial score (nSPS) is 20.7. The van der Waals surface area contributed by atoms with Crippen LogP contribution in [0.25, 0.3) is 0 Å². The van der Waals surface area contributed by atoms with E-state index in [4.69, 9.17) is 5.11 Å². The molecule has 0 aliphatic carbocycles. The number of nitrogens with one attached hydrogen (secondary N) is 1. The van der Waals surface area contributed by atoms with Gasteiger partial charge in [0.25, 0.3) is 5.91 Å². The molecule has 0 spiro atoms. The van der Waals surface area contributed by atoms with E-state index in [1.165, 1.54) is 12.2 Å². The van der Waals surface area contributed by atoms with Crippen LogP contribution >= 0.6 is 11.8 Å². The van der Waals surface area contributed by atoms with E-state index in [1.807, 2.05) is 30.8 Å². The molecule has 4 heteroatoms. The van der Waals surface area contributed by atoms with Gasteiger partial charge in [-0.2, -0.15) is 11.8 Å². The van der Waals surface area contributed by atoms with Crippen molar-refractivity contribution in [2.45, 2.75) is 31.4 Å². The smallest absolute Gasteiger partial charge is 0.251 e. The number of carbonyl (C=O) groups excluding carboxylic acids is 1. The Hall–Kier alpha value is -1.44. The number of hydrogen-bond acceptors (Lipinski definition) is 3. The summed E-state index contributed by atoms with van der Waals surface area (Å²) >= 11 is 1.94. The average molecular weight is 303 g/mol. The molecule has 21 heavy (non-hydrogen) atoms. The number of rotatable bonds is 3. The van der Waals surface area contributed by atoms with Crippen LogP contribution in [-0.4, -0.2) is 34.7 Å². The van der Waals surface area contributed by atoms with Crippen LogP contribution in [0.3, 0.4) is 0 Å². The van der Waals surface area contributed by atoms with E-state index >= 15 is 0 Å². The lowest BCUT2D eigenvalue weighted by molar-refractivity contribution is 0.0949. The molecular weight excluding hydrogens is 282 g/mol. The summed E-state index contributed by atoms with van der Waals surface area (Å²) in [6, 6.07) is 5.54. The van der Waals surface area contributed by atoms with Crippen LogP contribution < -0.4 is 5.32 Å². The minimum Gasteiger partial charge on any atom is -0.384 e. The highest BCUT2D eigenvalue weighted by Gasteiger charge is 2.29. The van der Waals surface area contributed by atoms with Crippen LogP contribution in [0.4, 0.5) is 0 Å². The molecule has 0 aromatic heterocycles. The second-order valence-corrected chi connectivity index (χ2v) is 7.26. The highest BCUT2D eigenvalue weighted by Crippen LogP contribution is 2.37. The first kappa shape index (κ1) is 15.9. The van der Waals surface area contributed by atoms with Crippen molar-refractivity contribution < 1.29 is 9.90 Å². The van der Waals surface area contributed by atoms with Gasteiger partial charge < -0.3 is 10.4 Å². The van der Waals surface area contributed by atoms with Crippen LogP contribution in [0, 0.1) is 18.8 Å². The van der Waals surface area contributed by atoms with E-state index in [0.29, 0.717) is 12.1 Å². The van der Waals surface area contributed by atoms with Crippen LogP contribution in [-0.2, 0) is 0 Å². The van der Waals surface area contributed by atoms with Gasteiger partial charge in [0.05, 0.1) is 0 Å². The van der Waals surface area contributed by atoms with E-state index in [2.05, 4.69) is 24.1 Å². The van der Waals surface area contributed by atoms with Gasteiger partial charge >= 0.3 is 0 Å². The number of aryl methyl sites for hydroxylation is 1. The molecule has 1 aromatic rings. The van der Waals surface area contributed by atoms with E-state index in [9.17, 15) is 4.79 Å². The third-order valence-corrected chi connectivity index (χ3v) is 5.26. The first-order valence-corrected chi connectivity index (χ1v) is 8.15. The number of hydrogen-bond donors (Lipinski definition) is 2. The molecule has 2 rings (SSSR count). The van der Waals surface area contributed by atoms with Crippen LogP contribution in [0.1, 0.15) is 41.3 Å². The van der Waals surface area contributed by atoms with Crippen molar-refractivity contribution in [2.75, 3.05) is 18.9 Å². The molecule has 1 unspecified atom stereocenters. The molecule has 3 nitrogen and oxygen atoms in total. The third kappa shape index (κ3) is 4.26. The Bertz CT molecular complexity index is 580. The van der Waals surface area contributed by atoms with E-state index < -0.39 is 0 Å². The predicted octanol–water partition coefficient (Wildman–Crippen LogP) is 2.35. The maximum Gasteiger partial charge on any atom is 0.251 e. The molecule has 1 aromatic carbocycles. The lowest BCUT2D eigenvalue weighted by Crippen LogP contribution is -2.37. The topological polar surface area (TPSA) is 49.3 Å². The van der Waals surface area contributed by atoms with Crippen molar-refractivity contribution in [1.29, 1.82) is 0 Å². The van der Waals surface area contributed by atoms with Gasteiger partial charge in [-0.15, -0.1) is 0 Å². The Morgan fingerprint density at radius 2 is 2.33 bits per heavy atom. The van der Waals surface area contributed by atoms with Crippen molar-refractivity contribution >= 4 is 17.7 Å². The number of thioether (sulfide) groups is 1. The van der Waals surface area contributed by atoms with Gasteiger partial charge in [-0.3, -0.25) is 4.79 Å². The van der Waals surface area contributed by atoms with Gasteiger partial charge in [-0.25, -0.2) is 0 Å². The molecule has 1 fully saturated rings. The van der Waals surface area contributed by atoms with Crippen molar-refractivity contribution in [2.24, 2.45) is 0 Å². The minimum atomic E-state index is -0.176. The Morgan fingerprint density at radius 1 is 1.52 bits per heavy atom. The van der Waals surface area contributed by atoms with E-state index in [0.717, 1.165) is 17.5 Å². The summed E-state index contributed by atoms with van der Waals surface area (Å²) in [6.45, 7) is 4.65. The lowest BCUT2D eigenvalue weighted by Gasteiger charge is -2.23. The Kier molecular flexibility index (Phi) is 5.33. The number of carbonyl (C=O) groups is 1. The summed E-state index contributed by atoms with van der Waals surface area (Å²) in [7, 11) is 0. The fourth-order valence-corrected chi connectivity index (χ4v) is 3.67. The molecule has 1 heterocycles. The largest absolute Gasteiger partial charge is 0.384 e. The molecule has 0 bridgehead atoms. The van der Waals surface area contributed by atoms with Gasteiger partial charge in [0.2, 0.25) is 0 Å². The Labute approximate surface area is 130 Å². The third-order valence-electron chi connectivity index (χ3n) is 3.72. The fraction of sp³-hybridized carbons (Fsp3) is 0.471. The Balaban J connectivity index is 2.07. The van der Waals surface area contributed by atoms with Crippen LogP contribution in [0.5, 0.6) is 0 Å². The average Bonchev–Trinajstić information content (AvgIpc) is 2.91. The number of aliphatic hydroxyl groups excluding tert-OH is 1. The van der Waals surface area contributed by atoms with Crippen molar-refractivity contribution in [1.82, 2.24) is 5.32 Å². The first-order chi connectivity index (χ1) is 10.0. The molecule has 112 valence electrons. The molecule has 1 aliphatic rings. The monoisotopic (exact) mass is 303 g/mol. The molecular formula is C17H21NO2S. The summed E-state index contributed by atoms with van der Waals surface area (Å²) in [5.74, 6) is 6.57. The quantitative estimate of drug-likeness (QED) is 0.843. The zero-order chi connectivity index (χ0) is 15.3. The fourth-order valence-electron chi connectivity index (χ4n) is 2.42. The van der Waals surface area contributed by atoms with E-state index in [1.54, 1.807) is 6.07 Å². The van der Waals surface area contributed by atoms with Crippen molar-refractivity contribution in [3.63, 3.8) is 0 Å². The second-order valence-electron chi connectivity index (χ2n) is 5.57. The molecule has 1 amide bonds. The Morgan fingerprint density at radius 3 is 3.00 bits per heavy atom. The molecule has 0 radical (unpaired) electrons. The van der Waals surface area contributed by atoms with Gasteiger partial charge in [-0.1, -0.05) is 17.9 Å². The van der Waals surface area contributed by atoms with Gasteiger partial charge in [0.15, 0.2) is 0 Å². The highest BCUT2D eigenvalue weighted by molar-refractivity contribution is 8.00. The van der Waals surface area contributed by atoms with Crippen molar-refractivity contribution in [3.05, 3.63) is 34.9 Å². The zero-order valence-electron chi connectivity index (χ0n) is 12.5. The maximum atomic E-state index is 12.4. The van der Waals surface area contributed by atoms with E-state index in [-0.39, 0.29) is 17.3 Å². The SMILES string of the molecule is Cc1ccc(C#CCO)cc1C(=O)NCC1(C)CCCS1. The molecule has 1 aliphatic heterocycles. The second kappa shape index (κ2) is 7.02. The maximum absolute atomic E-state index is 12.4. The van der Waals surface area contributed by atoms with Gasteiger partial charge in [0, 0.05) is 22.4 Å². The van der Waals surface area contributed by atoms with Crippen LogP contribution in [0.2, 0.25) is 0 Å². The summed E-state index contributed by atoms with van der Waals surface area (Å²) < 4.78 is 0.165. The summed E-state index contributed by atoms with van der Waals surface area (Å²) in [5, 5.41) is 11.8. The number of benzene rings is 1. The van der Waals surface area contributed by atoms with Gasteiger partial charge in [-0.05, 0) is 50.1 Å². The van der Waals surface area contributed by atoms with Crippen LogP contribution in [0.15, 0.2) is 18.2 Å². The van der Waals surface area contributed by atoms with Gasteiger partial charge in [0.1, 0.15) is 6.61 Å². The highest BCUT2D eigenvalue weighted by atomic mass is 32.2. The number of aliphatic hydroxyl groups is 1. The predicted molar refractivity (Wildman–Crippen MR) is 87.6 cm³/mol. The molecule has 1 saturated heterocycles. The minimum absolute atomic E-state index is 0.0473. The first-order valence-electron chi connectivity index (χ1n) is 7.17. The number of amides is 1. The standard InChI is InChI=1S/C17H21NO2S/c1-13-6-7-14(5-3-9-19)11-15(13)16(20)18-12-17(2)8-4-10-21-17/h6-7,11,19H,4,8-10,12H2,1-2H3,(H,18,20). The molecule has 2 N–H and O–H groups in total. The summed E-state index contributed by atoms with van der Waals surface area (Å²) in [6.07, 6.45) is 2.38. The lowest BCUT2D eigenvalue weighted by atomic mass is 10.0. The zero-order valence-corrected chi connectivity index (χ0v) is 13.3. The molecule has 1 atom stereocenters. The molecule has 0 saturated carbocycles. The summed E-state index contributed by atoms with van der Waals surface area (Å²) in [5.41, 5.74) is 2.35. The van der Waals surface area contributed by atoms with Crippen molar-refractivity contribution in [3.8, 4) is 11.8 Å².